The van der Waals surface area contributed by atoms with E-state index >= 15 is 0 Å². The van der Waals surface area contributed by atoms with Crippen molar-refractivity contribution in [2.24, 2.45) is 11.5 Å². The predicted octanol–water partition coefficient (Wildman–Crippen LogP) is -1.19. The van der Waals surface area contributed by atoms with Crippen LogP contribution in [0.15, 0.2) is 11.8 Å². The molecule has 0 saturated carbocycles. The fourth-order valence-electron chi connectivity index (χ4n) is 0.544. The van der Waals surface area contributed by atoms with E-state index < -0.39 is 9.84 Å². The molecule has 0 heterocycles. The smallest absolute Gasteiger partial charge is 0.153 e. The number of hydrogen-bond donors (Lipinski definition) is 3. The fraction of sp³-hybridized carbons (Fsp3) is 0.400. The predicted molar refractivity (Wildman–Crippen MR) is 43.9 cm³/mol. The molecule has 6 heteroatoms. The van der Waals surface area contributed by atoms with Crippen molar-refractivity contribution in [2.45, 2.75) is 0 Å². The lowest BCUT2D eigenvalue weighted by Gasteiger charge is -1.97. The minimum Gasteiger partial charge on any atom is -0.401 e. The van der Waals surface area contributed by atoms with Gasteiger partial charge in [-0.1, -0.05) is 0 Å². The van der Waals surface area contributed by atoms with Gasteiger partial charge in [0.05, 0.1) is 5.75 Å². The van der Waals surface area contributed by atoms with Crippen LogP contribution in [0.2, 0.25) is 0 Å². The lowest BCUT2D eigenvalue weighted by Crippen LogP contribution is -2.16. The standard InChI is InChI=1S/C5H11N3O2S/c1-11(9,10)3-4(6)2-5(7)8/h2H,3,6H2,1H3,(H3,7,8)/b4-2-. The third-order valence-corrected chi connectivity index (χ3v) is 1.63. The largest absolute Gasteiger partial charge is 0.401 e. The van der Waals surface area contributed by atoms with Crippen LogP contribution in [0.5, 0.6) is 0 Å². The highest BCUT2D eigenvalue weighted by molar-refractivity contribution is 7.90. The number of nitrogens with one attached hydrogen (secondary N) is 1. The SMILES string of the molecule is CS(=O)(=O)C/C(N)=C/C(=N)N. The van der Waals surface area contributed by atoms with Crippen LogP contribution < -0.4 is 11.5 Å². The Morgan fingerprint density at radius 3 is 2.27 bits per heavy atom. The number of rotatable bonds is 3. The first-order valence-corrected chi connectivity index (χ1v) is 4.85. The summed E-state index contributed by atoms with van der Waals surface area (Å²) in [5, 5.41) is 6.76. The van der Waals surface area contributed by atoms with Crippen LogP contribution in [0.25, 0.3) is 0 Å². The molecule has 5 nitrogen and oxygen atoms in total. The molecule has 0 bridgehead atoms. The Kier molecular flexibility index (Phi) is 3.06. The molecule has 0 spiro atoms. The molecule has 0 aromatic carbocycles. The van der Waals surface area contributed by atoms with Crippen molar-refractivity contribution in [2.75, 3.05) is 12.0 Å². The van der Waals surface area contributed by atoms with Gasteiger partial charge in [0.25, 0.3) is 0 Å². The van der Waals surface area contributed by atoms with E-state index in [0.29, 0.717) is 0 Å². The molecule has 0 aliphatic heterocycles. The van der Waals surface area contributed by atoms with E-state index in [4.69, 9.17) is 16.9 Å². The van der Waals surface area contributed by atoms with E-state index in [1.165, 1.54) is 0 Å². The molecule has 0 aromatic rings. The number of sulfone groups is 1. The Labute approximate surface area is 65.5 Å². The van der Waals surface area contributed by atoms with Gasteiger partial charge in [0.15, 0.2) is 9.84 Å². The lowest BCUT2D eigenvalue weighted by molar-refractivity contribution is 0.603. The molecule has 0 aliphatic carbocycles. The first-order chi connectivity index (χ1) is 4.81. The van der Waals surface area contributed by atoms with Gasteiger partial charge in [-0.3, -0.25) is 5.41 Å². The van der Waals surface area contributed by atoms with Gasteiger partial charge in [-0.15, -0.1) is 0 Å². The maximum absolute atomic E-state index is 10.6. The van der Waals surface area contributed by atoms with Crippen LogP contribution in [0, 0.1) is 5.41 Å². The molecule has 0 aromatic heterocycles. The second-order valence-electron chi connectivity index (χ2n) is 2.24. The highest BCUT2D eigenvalue weighted by atomic mass is 32.2. The topological polar surface area (TPSA) is 110 Å². The van der Waals surface area contributed by atoms with Crippen LogP contribution in [-0.4, -0.2) is 26.3 Å². The number of nitrogens with two attached hydrogens (primary N) is 2. The van der Waals surface area contributed by atoms with Crippen LogP contribution >= 0.6 is 0 Å². The van der Waals surface area contributed by atoms with Crippen molar-refractivity contribution in [3.8, 4) is 0 Å². The van der Waals surface area contributed by atoms with E-state index in [1.807, 2.05) is 0 Å². The lowest BCUT2D eigenvalue weighted by atomic mass is 10.4. The normalized spacial score (nSPS) is 13.0. The first-order valence-electron chi connectivity index (χ1n) is 2.79. The fourth-order valence-corrected chi connectivity index (χ4v) is 1.23. The number of hydrogen-bond acceptors (Lipinski definition) is 4. The van der Waals surface area contributed by atoms with E-state index in [9.17, 15) is 8.42 Å². The van der Waals surface area contributed by atoms with Gasteiger partial charge < -0.3 is 11.5 Å². The Hall–Kier alpha value is -1.04. The van der Waals surface area contributed by atoms with Crippen LogP contribution in [0.1, 0.15) is 0 Å². The van der Waals surface area contributed by atoms with E-state index in [1.54, 1.807) is 0 Å². The van der Waals surface area contributed by atoms with Gasteiger partial charge in [-0.25, -0.2) is 8.42 Å². The molecular weight excluding hydrogens is 166 g/mol. The Morgan fingerprint density at radius 1 is 1.55 bits per heavy atom. The minimum absolute atomic E-state index is 0.0833. The summed E-state index contributed by atoms with van der Waals surface area (Å²) < 4.78 is 21.2. The van der Waals surface area contributed by atoms with Crippen LogP contribution in [0.3, 0.4) is 0 Å². The molecule has 0 rings (SSSR count). The zero-order valence-corrected chi connectivity index (χ0v) is 6.98. The first kappa shape index (κ1) is 9.96. The second kappa shape index (κ2) is 3.38. The molecular formula is C5H11N3O2S. The van der Waals surface area contributed by atoms with Gasteiger partial charge in [0.1, 0.15) is 5.84 Å². The molecule has 0 amide bonds. The third-order valence-electron chi connectivity index (χ3n) is 0.770. The average Bonchev–Trinajstić information content (AvgIpc) is 1.53. The highest BCUT2D eigenvalue weighted by Gasteiger charge is 2.03. The monoisotopic (exact) mass is 177 g/mol. The van der Waals surface area contributed by atoms with Gasteiger partial charge in [0.2, 0.25) is 0 Å². The van der Waals surface area contributed by atoms with Crippen molar-refractivity contribution in [1.29, 1.82) is 5.41 Å². The van der Waals surface area contributed by atoms with Gasteiger partial charge >= 0.3 is 0 Å². The van der Waals surface area contributed by atoms with E-state index in [2.05, 4.69) is 0 Å². The molecule has 5 N–H and O–H groups in total. The quantitative estimate of drug-likeness (QED) is 0.372. The zero-order chi connectivity index (χ0) is 9.07. The molecule has 0 radical (unpaired) electrons. The van der Waals surface area contributed by atoms with Crippen molar-refractivity contribution in [3.63, 3.8) is 0 Å². The Morgan fingerprint density at radius 2 is 2.00 bits per heavy atom. The van der Waals surface area contributed by atoms with Crippen LogP contribution in [0.4, 0.5) is 0 Å². The summed E-state index contributed by atoms with van der Waals surface area (Å²) >= 11 is 0. The van der Waals surface area contributed by atoms with Crippen LogP contribution in [-0.2, 0) is 9.84 Å². The Bertz CT molecular complexity index is 278. The third kappa shape index (κ3) is 6.85. The summed E-state index contributed by atoms with van der Waals surface area (Å²) in [4.78, 5) is 0. The van der Waals surface area contributed by atoms with E-state index in [0.717, 1.165) is 12.3 Å². The highest BCUT2D eigenvalue weighted by Crippen LogP contribution is 1.90. The van der Waals surface area contributed by atoms with Gasteiger partial charge in [-0.05, 0) is 6.08 Å². The van der Waals surface area contributed by atoms with Crippen molar-refractivity contribution in [1.82, 2.24) is 0 Å². The van der Waals surface area contributed by atoms with Gasteiger partial charge in [-0.2, -0.15) is 0 Å². The summed E-state index contributed by atoms with van der Waals surface area (Å²) in [6.45, 7) is 0. The second-order valence-corrected chi connectivity index (χ2v) is 4.38. The molecule has 0 fully saturated rings. The summed E-state index contributed by atoms with van der Waals surface area (Å²) in [5.41, 5.74) is 10.2. The summed E-state index contributed by atoms with van der Waals surface area (Å²) in [7, 11) is -3.11. The minimum atomic E-state index is -3.11. The van der Waals surface area contributed by atoms with Gasteiger partial charge in [0, 0.05) is 12.0 Å². The average molecular weight is 177 g/mol. The maximum Gasteiger partial charge on any atom is 0.153 e. The van der Waals surface area contributed by atoms with Crippen molar-refractivity contribution >= 4 is 15.7 Å². The van der Waals surface area contributed by atoms with Crippen molar-refractivity contribution in [3.05, 3.63) is 11.8 Å². The summed E-state index contributed by atoms with van der Waals surface area (Å²) in [5.74, 6) is -0.502. The van der Waals surface area contributed by atoms with Crippen molar-refractivity contribution < 1.29 is 8.42 Å². The molecule has 64 valence electrons. The Balaban J connectivity index is 4.31. The molecule has 0 saturated heterocycles. The number of amidine groups is 1. The molecule has 11 heavy (non-hydrogen) atoms. The molecule has 0 unspecified atom stereocenters. The molecule has 0 atom stereocenters. The molecule has 0 aliphatic rings. The summed E-state index contributed by atoms with van der Waals surface area (Å²) in [6.07, 6.45) is 2.18. The van der Waals surface area contributed by atoms with E-state index in [-0.39, 0.29) is 17.3 Å². The zero-order valence-electron chi connectivity index (χ0n) is 6.16. The maximum atomic E-state index is 10.6. The summed E-state index contributed by atoms with van der Waals surface area (Å²) in [6, 6.07) is 0.